The summed E-state index contributed by atoms with van der Waals surface area (Å²) in [6.07, 6.45) is 5.45. The van der Waals surface area contributed by atoms with Crippen LogP contribution < -0.4 is 4.90 Å². The van der Waals surface area contributed by atoms with Crippen LogP contribution in [-0.4, -0.2) is 47.0 Å². The lowest BCUT2D eigenvalue weighted by molar-refractivity contribution is 0.0762. The van der Waals surface area contributed by atoms with E-state index in [0.717, 1.165) is 37.5 Å². The first kappa shape index (κ1) is 18.6. The minimum atomic E-state index is 0.0452. The van der Waals surface area contributed by atoms with Crippen LogP contribution in [0.4, 0.5) is 5.69 Å². The van der Waals surface area contributed by atoms with Crippen LogP contribution in [0.2, 0.25) is 0 Å². The van der Waals surface area contributed by atoms with Gasteiger partial charge in [0.15, 0.2) is 0 Å². The molecule has 1 aromatic carbocycles. The first-order chi connectivity index (χ1) is 13.7. The fraction of sp³-hybridized carbons (Fsp3) is 0.318. The van der Waals surface area contributed by atoms with E-state index >= 15 is 0 Å². The van der Waals surface area contributed by atoms with Gasteiger partial charge >= 0.3 is 0 Å². The number of hydrogen-bond donors (Lipinski definition) is 0. The number of hydrogen-bond acceptors (Lipinski definition) is 5. The highest BCUT2D eigenvalue weighted by molar-refractivity contribution is 7.09. The van der Waals surface area contributed by atoms with Crippen molar-refractivity contribution in [2.45, 2.75) is 19.8 Å². The first-order valence-electron chi connectivity index (χ1n) is 9.64. The number of thiazole rings is 1. The zero-order valence-corrected chi connectivity index (χ0v) is 16.9. The molecule has 1 aliphatic heterocycles. The molecule has 1 saturated heterocycles. The molecule has 0 saturated carbocycles. The summed E-state index contributed by atoms with van der Waals surface area (Å²) in [5.41, 5.74) is 4.17. The molecular formula is C22H24N4OS. The van der Waals surface area contributed by atoms with Crippen LogP contribution >= 0.6 is 11.3 Å². The van der Waals surface area contributed by atoms with Gasteiger partial charge in [0, 0.05) is 56.1 Å². The predicted octanol–water partition coefficient (Wildman–Crippen LogP) is 3.79. The molecule has 1 amide bonds. The van der Waals surface area contributed by atoms with Crippen molar-refractivity contribution in [3.8, 4) is 0 Å². The van der Waals surface area contributed by atoms with E-state index in [1.165, 1.54) is 16.8 Å². The van der Waals surface area contributed by atoms with Gasteiger partial charge in [-0.1, -0.05) is 30.3 Å². The Kier molecular flexibility index (Phi) is 5.67. The van der Waals surface area contributed by atoms with Crippen molar-refractivity contribution in [1.82, 2.24) is 14.9 Å². The van der Waals surface area contributed by atoms with E-state index in [4.69, 9.17) is 0 Å². The maximum absolute atomic E-state index is 13.0. The Balaban J connectivity index is 1.41. The first-order valence-corrected chi connectivity index (χ1v) is 10.5. The largest absolute Gasteiger partial charge is 0.369 e. The highest BCUT2D eigenvalue weighted by Crippen LogP contribution is 2.21. The molecule has 5 nitrogen and oxygen atoms in total. The van der Waals surface area contributed by atoms with E-state index in [9.17, 15) is 4.79 Å². The third kappa shape index (κ3) is 4.22. The number of nitrogens with zero attached hydrogens (tertiary/aromatic N) is 4. The van der Waals surface area contributed by atoms with Crippen molar-refractivity contribution in [2.75, 3.05) is 31.1 Å². The molecule has 0 atom stereocenters. The van der Waals surface area contributed by atoms with Gasteiger partial charge in [-0.25, -0.2) is 4.98 Å². The average molecular weight is 393 g/mol. The lowest BCUT2D eigenvalue weighted by atomic mass is 10.2. The van der Waals surface area contributed by atoms with Crippen LogP contribution in [-0.2, 0) is 6.42 Å². The minimum Gasteiger partial charge on any atom is -0.369 e. The monoisotopic (exact) mass is 392 g/mol. The van der Waals surface area contributed by atoms with Gasteiger partial charge in [0.2, 0.25) is 0 Å². The number of benzene rings is 1. The van der Waals surface area contributed by atoms with Gasteiger partial charge in [0.25, 0.3) is 5.91 Å². The normalized spacial score (nSPS) is 14.8. The van der Waals surface area contributed by atoms with Gasteiger partial charge in [-0.2, -0.15) is 0 Å². The van der Waals surface area contributed by atoms with Crippen LogP contribution in [0, 0.1) is 6.92 Å². The van der Waals surface area contributed by atoms with Crippen molar-refractivity contribution in [3.05, 3.63) is 76.0 Å². The number of pyridine rings is 1. The Morgan fingerprint density at radius 3 is 2.79 bits per heavy atom. The summed E-state index contributed by atoms with van der Waals surface area (Å²) in [4.78, 5) is 26.1. The Bertz CT molecular complexity index is 940. The fourth-order valence-corrected chi connectivity index (χ4v) is 4.41. The van der Waals surface area contributed by atoms with E-state index in [-0.39, 0.29) is 5.91 Å². The molecule has 0 spiro atoms. The Morgan fingerprint density at radius 1 is 1.11 bits per heavy atom. The molecule has 0 aliphatic carbocycles. The van der Waals surface area contributed by atoms with Crippen LogP contribution in [0.15, 0.2) is 54.2 Å². The van der Waals surface area contributed by atoms with Crippen molar-refractivity contribution in [1.29, 1.82) is 0 Å². The van der Waals surface area contributed by atoms with Crippen LogP contribution in [0.5, 0.6) is 0 Å². The number of aromatic nitrogens is 2. The number of anilines is 1. The van der Waals surface area contributed by atoms with Crippen molar-refractivity contribution < 1.29 is 4.79 Å². The summed E-state index contributed by atoms with van der Waals surface area (Å²) in [6.45, 7) is 5.35. The van der Waals surface area contributed by atoms with Gasteiger partial charge in [0.05, 0.1) is 5.01 Å². The van der Waals surface area contributed by atoms with Crippen molar-refractivity contribution in [3.63, 3.8) is 0 Å². The highest BCUT2D eigenvalue weighted by atomic mass is 32.1. The molecule has 3 aromatic rings. The number of carbonyl (C=O) groups excluding carboxylic acids is 1. The zero-order valence-electron chi connectivity index (χ0n) is 16.0. The molecule has 0 bridgehead atoms. The third-order valence-electron chi connectivity index (χ3n) is 5.08. The number of carbonyl (C=O) groups is 1. The second-order valence-corrected chi connectivity index (χ2v) is 8.03. The van der Waals surface area contributed by atoms with Gasteiger partial charge in [0.1, 0.15) is 5.69 Å². The summed E-state index contributed by atoms with van der Waals surface area (Å²) in [5.74, 6) is 0.0452. The highest BCUT2D eigenvalue weighted by Gasteiger charge is 2.23. The summed E-state index contributed by atoms with van der Waals surface area (Å²) < 4.78 is 0. The van der Waals surface area contributed by atoms with Gasteiger partial charge in [-0.15, -0.1) is 11.3 Å². The van der Waals surface area contributed by atoms with E-state index in [2.05, 4.69) is 40.0 Å². The molecular weight excluding hydrogens is 368 g/mol. The summed E-state index contributed by atoms with van der Waals surface area (Å²) in [6, 6.07) is 12.3. The van der Waals surface area contributed by atoms with E-state index in [1.54, 1.807) is 11.3 Å². The SMILES string of the molecule is Cc1cnccc1N1CCCN(C(=O)c2csc(Cc3ccccc3)n2)CC1. The van der Waals surface area contributed by atoms with Crippen molar-refractivity contribution in [2.24, 2.45) is 0 Å². The van der Waals surface area contributed by atoms with Gasteiger partial charge in [-0.3, -0.25) is 9.78 Å². The maximum atomic E-state index is 13.0. The molecule has 0 unspecified atom stereocenters. The number of aryl methyl sites for hydroxylation is 1. The molecule has 2 aromatic heterocycles. The lowest BCUT2D eigenvalue weighted by Gasteiger charge is -2.24. The predicted molar refractivity (Wildman–Crippen MR) is 113 cm³/mol. The van der Waals surface area contributed by atoms with Crippen molar-refractivity contribution >= 4 is 22.9 Å². The summed E-state index contributed by atoms with van der Waals surface area (Å²) >= 11 is 1.57. The minimum absolute atomic E-state index is 0.0452. The number of amides is 1. The average Bonchev–Trinajstić information content (AvgIpc) is 3.04. The smallest absolute Gasteiger partial charge is 0.273 e. The quantitative estimate of drug-likeness (QED) is 0.678. The lowest BCUT2D eigenvalue weighted by Crippen LogP contribution is -2.35. The second kappa shape index (κ2) is 8.52. The molecule has 4 rings (SSSR count). The zero-order chi connectivity index (χ0) is 19.3. The van der Waals surface area contributed by atoms with E-state index < -0.39 is 0 Å². The third-order valence-corrected chi connectivity index (χ3v) is 5.93. The summed E-state index contributed by atoms with van der Waals surface area (Å²) in [7, 11) is 0. The summed E-state index contributed by atoms with van der Waals surface area (Å²) in [5, 5.41) is 2.88. The standard InChI is InChI=1S/C22H24N4OS/c1-17-15-23-9-8-20(17)25-10-5-11-26(13-12-25)22(27)19-16-28-21(24-19)14-18-6-3-2-4-7-18/h2-4,6-9,15-16H,5,10-14H2,1H3. The van der Waals surface area contributed by atoms with E-state index in [1.807, 2.05) is 40.9 Å². The second-order valence-electron chi connectivity index (χ2n) is 7.08. The molecule has 28 heavy (non-hydrogen) atoms. The Hall–Kier alpha value is -2.73. The van der Waals surface area contributed by atoms with Crippen LogP contribution in [0.3, 0.4) is 0 Å². The molecule has 3 heterocycles. The fourth-order valence-electron chi connectivity index (χ4n) is 3.61. The van der Waals surface area contributed by atoms with Gasteiger partial charge in [-0.05, 0) is 30.5 Å². The molecule has 0 radical (unpaired) electrons. The molecule has 1 fully saturated rings. The van der Waals surface area contributed by atoms with Crippen LogP contribution in [0.1, 0.15) is 33.0 Å². The van der Waals surface area contributed by atoms with Gasteiger partial charge < -0.3 is 9.80 Å². The molecule has 0 N–H and O–H groups in total. The Labute approximate surface area is 169 Å². The Morgan fingerprint density at radius 2 is 1.96 bits per heavy atom. The molecule has 144 valence electrons. The maximum Gasteiger partial charge on any atom is 0.273 e. The number of rotatable bonds is 4. The topological polar surface area (TPSA) is 49.3 Å². The van der Waals surface area contributed by atoms with Crippen LogP contribution in [0.25, 0.3) is 0 Å². The molecule has 6 heteroatoms. The van der Waals surface area contributed by atoms with E-state index in [0.29, 0.717) is 12.2 Å². The molecule has 1 aliphatic rings.